The molecule has 0 fully saturated rings. The van der Waals surface area contributed by atoms with Gasteiger partial charge in [0.2, 0.25) is 0 Å². The van der Waals surface area contributed by atoms with Crippen LogP contribution in [0, 0.1) is 13.8 Å². The van der Waals surface area contributed by atoms with E-state index < -0.39 is 17.7 Å². The van der Waals surface area contributed by atoms with Gasteiger partial charge in [0.05, 0.1) is 16.8 Å². The molecule has 0 saturated heterocycles. The first-order valence-electron chi connectivity index (χ1n) is 9.35. The van der Waals surface area contributed by atoms with Crippen molar-refractivity contribution in [3.8, 4) is 0 Å². The maximum atomic E-state index is 12.8. The molecule has 0 heterocycles. The van der Waals surface area contributed by atoms with Crippen LogP contribution in [0.2, 0.25) is 0 Å². The summed E-state index contributed by atoms with van der Waals surface area (Å²) in [6, 6.07) is 8.27. The lowest BCUT2D eigenvalue weighted by atomic mass is 10.0. The number of aryl methyl sites for hydroxylation is 2. The van der Waals surface area contributed by atoms with Gasteiger partial charge >= 0.3 is 12.1 Å². The second kappa shape index (κ2) is 10.0. The lowest BCUT2D eigenvalue weighted by Crippen LogP contribution is -2.23. The van der Waals surface area contributed by atoms with Gasteiger partial charge in [-0.05, 0) is 68.0 Å². The van der Waals surface area contributed by atoms with E-state index in [1.54, 1.807) is 13.0 Å². The molecule has 0 amide bonds. The lowest BCUT2D eigenvalue weighted by molar-refractivity contribution is -0.137. The van der Waals surface area contributed by atoms with E-state index in [2.05, 4.69) is 4.99 Å². The topological polar surface area (TPSA) is 41.9 Å². The van der Waals surface area contributed by atoms with Crippen molar-refractivity contribution in [1.82, 2.24) is 4.90 Å². The van der Waals surface area contributed by atoms with E-state index in [9.17, 15) is 18.0 Å². The number of alkyl halides is 3. The van der Waals surface area contributed by atoms with Gasteiger partial charge in [0.1, 0.15) is 6.61 Å². The molecule has 0 aromatic heterocycles. The average Bonchev–Trinajstić information content (AvgIpc) is 2.71. The Balaban J connectivity index is 2.19. The Kier molecular flexibility index (Phi) is 7.95. The van der Waals surface area contributed by atoms with Crippen molar-refractivity contribution in [2.45, 2.75) is 33.6 Å². The first kappa shape index (κ1) is 23.8. The van der Waals surface area contributed by atoms with Gasteiger partial charge in [-0.25, -0.2) is 9.79 Å². The molecule has 0 unspecified atom stereocenters. The third-order valence-electron chi connectivity index (χ3n) is 4.59. The third kappa shape index (κ3) is 6.01. The molecule has 0 aliphatic heterocycles. The Morgan fingerprint density at radius 1 is 1.17 bits per heavy atom. The highest BCUT2D eigenvalue weighted by atomic mass is 32.2. The van der Waals surface area contributed by atoms with Gasteiger partial charge in [-0.15, -0.1) is 0 Å². The van der Waals surface area contributed by atoms with Gasteiger partial charge in [0, 0.05) is 13.6 Å². The van der Waals surface area contributed by atoms with Crippen molar-refractivity contribution in [1.29, 1.82) is 0 Å². The largest absolute Gasteiger partial charge is 0.457 e. The molecule has 2 aromatic rings. The maximum absolute atomic E-state index is 12.8. The molecule has 0 radical (unpaired) electrons. The fourth-order valence-corrected chi connectivity index (χ4v) is 3.36. The summed E-state index contributed by atoms with van der Waals surface area (Å²) in [5.74, 6) is -0.584. The van der Waals surface area contributed by atoms with Crippen LogP contribution in [-0.2, 0) is 17.5 Å². The van der Waals surface area contributed by atoms with Crippen molar-refractivity contribution in [2.75, 3.05) is 19.8 Å². The molecule has 4 nitrogen and oxygen atoms in total. The third-order valence-corrected chi connectivity index (χ3v) is 5.35. The summed E-state index contributed by atoms with van der Waals surface area (Å²) in [5, 5.41) is 0.861. The number of nitrogens with zero attached hydrogens (tertiary/aromatic N) is 2. The zero-order chi connectivity index (χ0) is 22.5. The summed E-state index contributed by atoms with van der Waals surface area (Å²) >= 11 is 1.54. The molecular weight excluding hydrogens is 413 g/mol. The van der Waals surface area contributed by atoms with Gasteiger partial charge in [-0.3, -0.25) is 0 Å². The Morgan fingerprint density at radius 3 is 2.47 bits per heavy atom. The maximum Gasteiger partial charge on any atom is 0.416 e. The summed E-state index contributed by atoms with van der Waals surface area (Å²) < 4.78 is 43.8. The zero-order valence-corrected chi connectivity index (χ0v) is 18.4. The summed E-state index contributed by atoms with van der Waals surface area (Å²) in [7, 11) is 1.96. The quantitative estimate of drug-likeness (QED) is 0.327. The van der Waals surface area contributed by atoms with Crippen molar-refractivity contribution >= 4 is 28.6 Å². The van der Waals surface area contributed by atoms with Crippen LogP contribution in [0.4, 0.5) is 18.9 Å². The SMILES string of the molecule is CCN(C)/C(=N/c1cc(C)c(C(=O)OCc2cccc(C(F)(F)F)c2)cc1C)SC. The molecule has 0 aliphatic carbocycles. The summed E-state index contributed by atoms with van der Waals surface area (Å²) in [5.41, 5.74) is 2.13. The second-order valence-corrected chi connectivity index (χ2v) is 7.61. The Labute approximate surface area is 179 Å². The van der Waals surface area contributed by atoms with Crippen LogP contribution in [0.25, 0.3) is 0 Å². The molecule has 30 heavy (non-hydrogen) atoms. The van der Waals surface area contributed by atoms with E-state index in [1.807, 2.05) is 38.1 Å². The monoisotopic (exact) mass is 438 g/mol. The molecule has 0 N–H and O–H groups in total. The number of ether oxygens (including phenoxy) is 1. The number of rotatable bonds is 5. The van der Waals surface area contributed by atoms with Crippen LogP contribution in [-0.4, -0.2) is 35.9 Å². The number of hydrogen-bond acceptors (Lipinski definition) is 4. The molecule has 0 aliphatic rings. The van der Waals surface area contributed by atoms with Crippen LogP contribution < -0.4 is 0 Å². The van der Waals surface area contributed by atoms with Gasteiger partial charge in [0.25, 0.3) is 0 Å². The van der Waals surface area contributed by atoms with Gasteiger partial charge < -0.3 is 9.64 Å². The number of carbonyl (C=O) groups is 1. The molecule has 162 valence electrons. The van der Waals surface area contributed by atoms with Crippen LogP contribution in [0.1, 0.15) is 39.5 Å². The van der Waals surface area contributed by atoms with Crippen molar-refractivity contribution in [3.05, 3.63) is 64.2 Å². The molecule has 0 spiro atoms. The fraction of sp³-hybridized carbons (Fsp3) is 0.364. The highest BCUT2D eigenvalue weighted by Gasteiger charge is 2.30. The number of benzene rings is 2. The number of hydrogen-bond donors (Lipinski definition) is 0. The van der Waals surface area contributed by atoms with Crippen LogP contribution >= 0.6 is 11.8 Å². The van der Waals surface area contributed by atoms with Gasteiger partial charge in [-0.1, -0.05) is 23.9 Å². The molecule has 2 aromatic carbocycles. The number of aliphatic imine (C=N–C) groups is 1. The molecule has 2 rings (SSSR count). The smallest absolute Gasteiger partial charge is 0.416 e. The molecule has 0 bridgehead atoms. The Hall–Kier alpha value is -2.48. The summed E-state index contributed by atoms with van der Waals surface area (Å²) in [6.45, 7) is 6.25. The number of halogens is 3. The number of amidine groups is 1. The fourth-order valence-electron chi connectivity index (χ4n) is 2.73. The molecular formula is C22H25F3N2O2S. The first-order valence-corrected chi connectivity index (χ1v) is 10.6. The Morgan fingerprint density at radius 2 is 1.87 bits per heavy atom. The van der Waals surface area contributed by atoms with E-state index >= 15 is 0 Å². The number of carbonyl (C=O) groups excluding carboxylic acids is 1. The van der Waals surface area contributed by atoms with E-state index in [0.717, 1.165) is 35.1 Å². The van der Waals surface area contributed by atoms with E-state index in [1.165, 1.54) is 23.9 Å². The van der Waals surface area contributed by atoms with E-state index in [-0.39, 0.29) is 12.2 Å². The van der Waals surface area contributed by atoms with Crippen molar-refractivity contribution in [3.63, 3.8) is 0 Å². The normalized spacial score (nSPS) is 12.1. The molecule has 0 atom stereocenters. The van der Waals surface area contributed by atoms with Crippen LogP contribution in [0.3, 0.4) is 0 Å². The molecule has 0 saturated carbocycles. The second-order valence-electron chi connectivity index (χ2n) is 6.84. The number of esters is 1. The molecule has 8 heteroatoms. The highest BCUT2D eigenvalue weighted by molar-refractivity contribution is 8.13. The summed E-state index contributed by atoms with van der Waals surface area (Å²) in [6.07, 6.45) is -2.49. The average molecular weight is 439 g/mol. The van der Waals surface area contributed by atoms with Crippen molar-refractivity contribution < 1.29 is 22.7 Å². The predicted octanol–water partition coefficient (Wildman–Crippen LogP) is 5.98. The van der Waals surface area contributed by atoms with Gasteiger partial charge in [0.15, 0.2) is 5.17 Å². The number of thioether (sulfide) groups is 1. The standard InChI is InChI=1S/C22H25F3N2O2S/c1-6-27(4)21(30-5)26-19-11-14(2)18(10-15(19)3)20(28)29-13-16-8-7-9-17(12-16)22(23,24)25/h7-12H,6,13H2,1-5H3/b26-21-. The first-order chi connectivity index (χ1) is 14.1. The minimum absolute atomic E-state index is 0.237. The van der Waals surface area contributed by atoms with E-state index in [0.29, 0.717) is 11.1 Å². The summed E-state index contributed by atoms with van der Waals surface area (Å²) in [4.78, 5) is 19.2. The Bertz CT molecular complexity index is 942. The predicted molar refractivity (Wildman–Crippen MR) is 115 cm³/mol. The minimum atomic E-state index is -4.44. The van der Waals surface area contributed by atoms with Crippen LogP contribution in [0.15, 0.2) is 41.4 Å². The lowest BCUT2D eigenvalue weighted by Gasteiger charge is -2.18. The van der Waals surface area contributed by atoms with Gasteiger partial charge in [-0.2, -0.15) is 13.2 Å². The highest BCUT2D eigenvalue weighted by Crippen LogP contribution is 2.30. The minimum Gasteiger partial charge on any atom is -0.457 e. The zero-order valence-electron chi connectivity index (χ0n) is 17.6. The van der Waals surface area contributed by atoms with Crippen LogP contribution in [0.5, 0.6) is 0 Å². The van der Waals surface area contributed by atoms with Crippen molar-refractivity contribution in [2.24, 2.45) is 4.99 Å². The van der Waals surface area contributed by atoms with E-state index in [4.69, 9.17) is 4.74 Å².